The number of aromatic amines is 1. The van der Waals surface area contributed by atoms with E-state index in [1.165, 1.54) is 12.3 Å². The lowest BCUT2D eigenvalue weighted by Gasteiger charge is -2.10. The van der Waals surface area contributed by atoms with Crippen LogP contribution in [0.25, 0.3) is 16.5 Å². The molecule has 100 valence electrons. The van der Waals surface area contributed by atoms with Gasteiger partial charge in [-0.1, -0.05) is 12.1 Å². The number of hydrogen-bond donors (Lipinski definition) is 2. The van der Waals surface area contributed by atoms with Gasteiger partial charge in [-0.3, -0.25) is 14.8 Å². The van der Waals surface area contributed by atoms with Crippen LogP contribution in [0.4, 0.5) is 4.39 Å². The van der Waals surface area contributed by atoms with E-state index in [9.17, 15) is 19.1 Å². The Kier molecular flexibility index (Phi) is 2.60. The van der Waals surface area contributed by atoms with Crippen LogP contribution >= 0.6 is 0 Å². The smallest absolute Gasteiger partial charge is 0.335 e. The molecule has 0 unspecified atom stereocenters. The first-order valence-electron chi connectivity index (χ1n) is 5.66. The largest absolute Gasteiger partial charge is 0.492 e. The summed E-state index contributed by atoms with van der Waals surface area (Å²) in [5.74, 6) is -2.44. The molecule has 2 heterocycles. The van der Waals surface area contributed by atoms with E-state index >= 15 is 0 Å². The van der Waals surface area contributed by atoms with E-state index < -0.39 is 22.9 Å². The van der Waals surface area contributed by atoms with Crippen molar-refractivity contribution in [2.75, 3.05) is 0 Å². The molecule has 7 heteroatoms. The van der Waals surface area contributed by atoms with Gasteiger partial charge in [-0.05, 0) is 17.5 Å². The van der Waals surface area contributed by atoms with Gasteiger partial charge in [-0.2, -0.15) is 4.39 Å². The quantitative estimate of drug-likeness (QED) is 0.690. The maximum Gasteiger partial charge on any atom is 0.335 e. The fourth-order valence-corrected chi connectivity index (χ4v) is 2.02. The number of pyridine rings is 1. The van der Waals surface area contributed by atoms with E-state index in [0.717, 1.165) is 5.39 Å². The number of aromatic nitrogens is 3. The van der Waals surface area contributed by atoms with Crippen molar-refractivity contribution in [2.45, 2.75) is 0 Å². The number of nitrogens with one attached hydrogen (secondary N) is 1. The van der Waals surface area contributed by atoms with Crippen molar-refractivity contribution in [3.8, 4) is 11.6 Å². The summed E-state index contributed by atoms with van der Waals surface area (Å²) in [5.41, 5.74) is -1.96. The van der Waals surface area contributed by atoms with Crippen LogP contribution < -0.4 is 11.2 Å². The van der Waals surface area contributed by atoms with Gasteiger partial charge in [0.05, 0.1) is 5.69 Å². The highest BCUT2D eigenvalue weighted by Gasteiger charge is 2.16. The van der Waals surface area contributed by atoms with Crippen molar-refractivity contribution >= 4 is 10.8 Å². The standard InChI is InChI=1S/C13H8FN3O3/c14-10-11(18)16-13(20)17(12(10)19)9-3-1-2-7-4-5-15-6-8(7)9/h1-6,19H,(H,16,18,20). The second kappa shape index (κ2) is 4.30. The minimum absolute atomic E-state index is 0.230. The van der Waals surface area contributed by atoms with Crippen LogP contribution in [0, 0.1) is 5.82 Å². The molecule has 0 bridgehead atoms. The summed E-state index contributed by atoms with van der Waals surface area (Å²) < 4.78 is 14.2. The highest BCUT2D eigenvalue weighted by Crippen LogP contribution is 2.23. The van der Waals surface area contributed by atoms with Crippen LogP contribution in [0.15, 0.2) is 46.2 Å². The molecule has 0 saturated heterocycles. The van der Waals surface area contributed by atoms with Gasteiger partial charge in [-0.15, -0.1) is 0 Å². The van der Waals surface area contributed by atoms with Crippen LogP contribution in [0.1, 0.15) is 0 Å². The molecule has 3 rings (SSSR count). The van der Waals surface area contributed by atoms with E-state index in [1.807, 2.05) is 4.98 Å². The molecule has 0 atom stereocenters. The second-order valence-corrected chi connectivity index (χ2v) is 4.11. The number of H-pyrrole nitrogens is 1. The van der Waals surface area contributed by atoms with E-state index in [1.54, 1.807) is 24.4 Å². The monoisotopic (exact) mass is 273 g/mol. The number of halogens is 1. The Hall–Kier alpha value is -2.96. The normalized spacial score (nSPS) is 10.8. The Labute approximate surface area is 110 Å². The number of nitrogens with zero attached hydrogens (tertiary/aromatic N) is 2. The highest BCUT2D eigenvalue weighted by atomic mass is 19.1. The average molecular weight is 273 g/mol. The third-order valence-electron chi connectivity index (χ3n) is 2.93. The van der Waals surface area contributed by atoms with E-state index in [0.29, 0.717) is 9.95 Å². The topological polar surface area (TPSA) is 88.0 Å². The molecule has 6 nitrogen and oxygen atoms in total. The van der Waals surface area contributed by atoms with Crippen LogP contribution in [0.2, 0.25) is 0 Å². The third-order valence-corrected chi connectivity index (χ3v) is 2.93. The zero-order valence-electron chi connectivity index (χ0n) is 10.0. The summed E-state index contributed by atoms with van der Waals surface area (Å²) in [6, 6.07) is 6.66. The fraction of sp³-hybridized carbons (Fsp3) is 0. The lowest BCUT2D eigenvalue weighted by molar-refractivity contribution is 0.386. The van der Waals surface area contributed by atoms with Crippen LogP contribution in [0.5, 0.6) is 5.88 Å². The number of aromatic hydroxyl groups is 1. The van der Waals surface area contributed by atoms with Crippen molar-refractivity contribution in [3.05, 3.63) is 63.3 Å². The molecule has 0 saturated carbocycles. The average Bonchev–Trinajstić information content (AvgIpc) is 2.45. The summed E-state index contributed by atoms with van der Waals surface area (Å²) in [6.45, 7) is 0. The van der Waals surface area contributed by atoms with E-state index in [2.05, 4.69) is 4.98 Å². The lowest BCUT2D eigenvalue weighted by atomic mass is 10.1. The first kappa shape index (κ1) is 12.1. The maximum absolute atomic E-state index is 13.5. The van der Waals surface area contributed by atoms with E-state index in [-0.39, 0.29) is 5.69 Å². The minimum Gasteiger partial charge on any atom is -0.492 e. The Morgan fingerprint density at radius 3 is 2.85 bits per heavy atom. The SMILES string of the molecule is O=c1[nH]c(=O)n(-c2cccc3ccncc23)c(O)c1F. The second-order valence-electron chi connectivity index (χ2n) is 4.11. The fourth-order valence-electron chi connectivity index (χ4n) is 2.02. The zero-order chi connectivity index (χ0) is 14.3. The van der Waals surface area contributed by atoms with Crippen LogP contribution in [0.3, 0.4) is 0 Å². The summed E-state index contributed by atoms with van der Waals surface area (Å²) in [4.78, 5) is 28.7. The third kappa shape index (κ3) is 1.68. The van der Waals surface area contributed by atoms with Crippen molar-refractivity contribution < 1.29 is 9.50 Å². The summed E-state index contributed by atoms with van der Waals surface area (Å²) >= 11 is 0. The van der Waals surface area contributed by atoms with Gasteiger partial charge < -0.3 is 5.11 Å². The number of hydrogen-bond acceptors (Lipinski definition) is 4. The first-order valence-corrected chi connectivity index (χ1v) is 5.66. The predicted molar refractivity (Wildman–Crippen MR) is 69.6 cm³/mol. The van der Waals surface area contributed by atoms with Crippen LogP contribution in [-0.4, -0.2) is 19.6 Å². The van der Waals surface area contributed by atoms with Crippen molar-refractivity contribution in [2.24, 2.45) is 0 Å². The molecule has 0 aliphatic carbocycles. The molecule has 2 N–H and O–H groups in total. The predicted octanol–water partition coefficient (Wildman–Crippen LogP) is 0.919. The van der Waals surface area contributed by atoms with Gasteiger partial charge >= 0.3 is 5.69 Å². The molecule has 0 fully saturated rings. The molecule has 1 aromatic carbocycles. The first-order chi connectivity index (χ1) is 9.59. The number of rotatable bonds is 1. The summed E-state index contributed by atoms with van der Waals surface area (Å²) in [6.07, 6.45) is 3.06. The molecule has 2 aromatic heterocycles. The van der Waals surface area contributed by atoms with Gasteiger partial charge in [0.2, 0.25) is 11.7 Å². The molecular weight excluding hydrogens is 265 g/mol. The molecule has 3 aromatic rings. The molecule has 0 aliphatic heterocycles. The van der Waals surface area contributed by atoms with Gasteiger partial charge in [0.15, 0.2) is 0 Å². The van der Waals surface area contributed by atoms with Crippen molar-refractivity contribution in [3.63, 3.8) is 0 Å². The Morgan fingerprint density at radius 2 is 2.05 bits per heavy atom. The maximum atomic E-state index is 13.5. The number of benzene rings is 1. The van der Waals surface area contributed by atoms with E-state index in [4.69, 9.17) is 0 Å². The van der Waals surface area contributed by atoms with Gasteiger partial charge in [0.25, 0.3) is 5.56 Å². The van der Waals surface area contributed by atoms with Crippen LogP contribution in [-0.2, 0) is 0 Å². The van der Waals surface area contributed by atoms with Crippen molar-refractivity contribution in [1.82, 2.24) is 14.5 Å². The molecule has 0 amide bonds. The summed E-state index contributed by atoms with van der Waals surface area (Å²) in [5, 5.41) is 11.0. The van der Waals surface area contributed by atoms with Gasteiger partial charge in [-0.25, -0.2) is 9.36 Å². The highest BCUT2D eigenvalue weighted by molar-refractivity contribution is 5.89. The minimum atomic E-state index is -1.41. The Morgan fingerprint density at radius 1 is 1.25 bits per heavy atom. The Balaban J connectivity index is 2.47. The molecule has 20 heavy (non-hydrogen) atoms. The molecular formula is C13H8FN3O3. The molecule has 0 spiro atoms. The molecule has 0 radical (unpaired) electrons. The van der Waals surface area contributed by atoms with Gasteiger partial charge in [0, 0.05) is 17.8 Å². The lowest BCUT2D eigenvalue weighted by Crippen LogP contribution is -2.31. The Bertz CT molecular complexity index is 925. The van der Waals surface area contributed by atoms with Gasteiger partial charge in [0.1, 0.15) is 0 Å². The summed E-state index contributed by atoms with van der Waals surface area (Å²) in [7, 11) is 0. The number of fused-ring (bicyclic) bond motifs is 1. The zero-order valence-corrected chi connectivity index (χ0v) is 10.0. The molecule has 0 aliphatic rings. The van der Waals surface area contributed by atoms with Crippen molar-refractivity contribution in [1.29, 1.82) is 0 Å².